The van der Waals surface area contributed by atoms with E-state index >= 15 is 0 Å². The number of nitrogens with one attached hydrogen (secondary N) is 1. The highest BCUT2D eigenvalue weighted by molar-refractivity contribution is 5.97. The van der Waals surface area contributed by atoms with Crippen molar-refractivity contribution in [2.45, 2.75) is 18.9 Å². The van der Waals surface area contributed by atoms with E-state index in [1.807, 2.05) is 0 Å². The zero-order valence-electron chi connectivity index (χ0n) is 14.0. The number of methoxy groups -OCH3 is 1. The summed E-state index contributed by atoms with van der Waals surface area (Å²) in [5.41, 5.74) is 0.751. The van der Waals surface area contributed by atoms with Gasteiger partial charge in [-0.1, -0.05) is 12.1 Å². The maximum atomic E-state index is 13.7. The first-order valence-electron chi connectivity index (χ1n) is 8.26. The van der Waals surface area contributed by atoms with Crippen molar-refractivity contribution in [3.05, 3.63) is 53.8 Å². The zero-order chi connectivity index (χ0) is 17.8. The number of hydrogen-bond donors (Lipinski definition) is 2. The van der Waals surface area contributed by atoms with Gasteiger partial charge in [0.2, 0.25) is 0 Å². The summed E-state index contributed by atoms with van der Waals surface area (Å²) >= 11 is 0. The number of halogens is 1. The highest BCUT2D eigenvalue weighted by Gasteiger charge is 2.25. The summed E-state index contributed by atoms with van der Waals surface area (Å²) in [5.74, 6) is -0.0635. The number of amides is 1. The molecule has 6 heteroatoms. The zero-order valence-corrected chi connectivity index (χ0v) is 14.0. The predicted octanol–water partition coefficient (Wildman–Crippen LogP) is 3.26. The lowest BCUT2D eigenvalue weighted by Crippen LogP contribution is -2.42. The Morgan fingerprint density at radius 2 is 1.96 bits per heavy atom. The molecule has 0 atom stereocenters. The number of benzene rings is 2. The van der Waals surface area contributed by atoms with E-state index in [-0.39, 0.29) is 29.1 Å². The third-order valence-corrected chi connectivity index (χ3v) is 4.45. The number of phenolic OH excluding ortho intramolecular Hbond substituents is 1. The maximum absolute atomic E-state index is 13.7. The monoisotopic (exact) mass is 344 g/mol. The van der Waals surface area contributed by atoms with Crippen molar-refractivity contribution in [2.75, 3.05) is 25.5 Å². The predicted molar refractivity (Wildman–Crippen MR) is 93.6 cm³/mol. The molecule has 5 nitrogen and oxygen atoms in total. The van der Waals surface area contributed by atoms with Gasteiger partial charge in [0.25, 0.3) is 5.91 Å². The summed E-state index contributed by atoms with van der Waals surface area (Å²) in [6.45, 7) is 1.10. The van der Waals surface area contributed by atoms with E-state index in [1.165, 1.54) is 19.2 Å². The lowest BCUT2D eigenvalue weighted by Gasteiger charge is -2.33. The van der Waals surface area contributed by atoms with Crippen LogP contribution in [-0.4, -0.2) is 42.2 Å². The minimum absolute atomic E-state index is 0.0871. The molecule has 132 valence electrons. The number of likely N-dealkylation sites (tertiary alicyclic amines) is 1. The number of carbonyl (C=O) groups excluding carboxylic acids is 1. The second-order valence-electron chi connectivity index (χ2n) is 6.07. The molecule has 1 amide bonds. The molecule has 1 aliphatic heterocycles. The Bertz CT molecular complexity index is 758. The van der Waals surface area contributed by atoms with Crippen LogP contribution in [0.1, 0.15) is 23.2 Å². The summed E-state index contributed by atoms with van der Waals surface area (Å²) in [5, 5.41) is 13.2. The minimum atomic E-state index is -0.274. The first-order valence-corrected chi connectivity index (χ1v) is 8.26. The normalized spacial score (nSPS) is 15.0. The van der Waals surface area contributed by atoms with E-state index in [9.17, 15) is 14.3 Å². The van der Waals surface area contributed by atoms with Crippen molar-refractivity contribution in [2.24, 2.45) is 0 Å². The SMILES string of the molecule is COc1ccc(C(=O)N2CCC(Nc3ccccc3F)CC2)c(O)c1. The Balaban J connectivity index is 1.60. The number of phenols is 1. The number of carbonyl (C=O) groups is 1. The second-order valence-corrected chi connectivity index (χ2v) is 6.07. The number of aromatic hydroxyl groups is 1. The molecule has 1 aliphatic rings. The Kier molecular flexibility index (Phi) is 5.07. The third-order valence-electron chi connectivity index (χ3n) is 4.45. The van der Waals surface area contributed by atoms with E-state index in [0.29, 0.717) is 24.5 Å². The first-order chi connectivity index (χ1) is 12.1. The molecule has 0 radical (unpaired) electrons. The summed E-state index contributed by atoms with van der Waals surface area (Å²) in [6, 6.07) is 11.3. The molecule has 2 N–H and O–H groups in total. The number of hydrogen-bond acceptors (Lipinski definition) is 4. The molecule has 25 heavy (non-hydrogen) atoms. The van der Waals surface area contributed by atoms with Gasteiger partial charge in [-0.25, -0.2) is 4.39 Å². The third kappa shape index (κ3) is 3.84. The van der Waals surface area contributed by atoms with Crippen LogP contribution in [0.2, 0.25) is 0 Å². The van der Waals surface area contributed by atoms with Gasteiger partial charge in [0, 0.05) is 25.2 Å². The van der Waals surface area contributed by atoms with Crippen molar-refractivity contribution in [1.82, 2.24) is 4.90 Å². The summed E-state index contributed by atoms with van der Waals surface area (Å²) in [6.07, 6.45) is 1.44. The molecule has 0 aromatic heterocycles. The van der Waals surface area contributed by atoms with Gasteiger partial charge in [-0.3, -0.25) is 4.79 Å². The van der Waals surface area contributed by atoms with Crippen LogP contribution in [0.5, 0.6) is 11.5 Å². The molecule has 3 rings (SSSR count). The van der Waals surface area contributed by atoms with Crippen LogP contribution in [0, 0.1) is 5.82 Å². The van der Waals surface area contributed by atoms with E-state index in [1.54, 1.807) is 35.2 Å². The smallest absolute Gasteiger partial charge is 0.257 e. The van der Waals surface area contributed by atoms with Crippen molar-refractivity contribution in [3.63, 3.8) is 0 Å². The van der Waals surface area contributed by atoms with Crippen LogP contribution in [0.25, 0.3) is 0 Å². The molecule has 2 aromatic carbocycles. The van der Waals surface area contributed by atoms with Crippen LogP contribution >= 0.6 is 0 Å². The summed E-state index contributed by atoms with van der Waals surface area (Å²) in [4.78, 5) is 14.3. The molecule has 0 spiro atoms. The fourth-order valence-electron chi connectivity index (χ4n) is 3.01. The number of piperidine rings is 1. The number of ether oxygens (including phenoxy) is 1. The van der Waals surface area contributed by atoms with Crippen LogP contribution in [0.4, 0.5) is 10.1 Å². The lowest BCUT2D eigenvalue weighted by molar-refractivity contribution is 0.0715. The second kappa shape index (κ2) is 7.42. The number of anilines is 1. The Morgan fingerprint density at radius 1 is 1.24 bits per heavy atom. The largest absolute Gasteiger partial charge is 0.507 e. The Morgan fingerprint density at radius 3 is 2.60 bits per heavy atom. The minimum Gasteiger partial charge on any atom is -0.507 e. The molecule has 0 aliphatic carbocycles. The average Bonchev–Trinajstić information content (AvgIpc) is 2.63. The molecule has 1 fully saturated rings. The molecular weight excluding hydrogens is 323 g/mol. The molecule has 2 aromatic rings. The number of para-hydroxylation sites is 1. The average molecular weight is 344 g/mol. The van der Waals surface area contributed by atoms with Gasteiger partial charge in [0.05, 0.1) is 18.4 Å². The first kappa shape index (κ1) is 17.1. The van der Waals surface area contributed by atoms with Gasteiger partial charge in [-0.05, 0) is 37.1 Å². The number of rotatable bonds is 4. The Hall–Kier alpha value is -2.76. The molecule has 1 saturated heterocycles. The highest BCUT2D eigenvalue weighted by Crippen LogP contribution is 2.26. The highest BCUT2D eigenvalue weighted by atomic mass is 19.1. The fourth-order valence-corrected chi connectivity index (χ4v) is 3.01. The van der Waals surface area contributed by atoms with Gasteiger partial charge in [-0.2, -0.15) is 0 Å². The van der Waals surface area contributed by atoms with Gasteiger partial charge in [0.15, 0.2) is 0 Å². The molecule has 0 bridgehead atoms. The summed E-state index contributed by atoms with van der Waals surface area (Å²) < 4.78 is 18.7. The van der Waals surface area contributed by atoms with Crippen LogP contribution in [0.3, 0.4) is 0 Å². The van der Waals surface area contributed by atoms with Crippen LogP contribution in [-0.2, 0) is 0 Å². The standard InChI is InChI=1S/C19H21FN2O3/c1-25-14-6-7-15(18(23)12-14)19(24)22-10-8-13(9-11-22)21-17-5-3-2-4-16(17)20/h2-7,12-13,21,23H,8-11H2,1H3. The van der Waals surface area contributed by atoms with Gasteiger partial charge in [0.1, 0.15) is 17.3 Å². The van der Waals surface area contributed by atoms with Gasteiger partial charge in [-0.15, -0.1) is 0 Å². The molecular formula is C19H21FN2O3. The topological polar surface area (TPSA) is 61.8 Å². The maximum Gasteiger partial charge on any atom is 0.257 e. The molecule has 0 saturated carbocycles. The van der Waals surface area contributed by atoms with E-state index in [0.717, 1.165) is 12.8 Å². The van der Waals surface area contributed by atoms with Crippen molar-refractivity contribution in [3.8, 4) is 11.5 Å². The quantitative estimate of drug-likeness (QED) is 0.894. The molecule has 0 unspecified atom stereocenters. The van der Waals surface area contributed by atoms with Crippen LogP contribution < -0.4 is 10.1 Å². The van der Waals surface area contributed by atoms with E-state index < -0.39 is 0 Å². The van der Waals surface area contributed by atoms with E-state index in [4.69, 9.17) is 4.74 Å². The fraction of sp³-hybridized carbons (Fsp3) is 0.316. The van der Waals surface area contributed by atoms with Gasteiger partial charge < -0.3 is 20.1 Å². The van der Waals surface area contributed by atoms with Crippen LogP contribution in [0.15, 0.2) is 42.5 Å². The van der Waals surface area contributed by atoms with Gasteiger partial charge >= 0.3 is 0 Å². The Labute approximate surface area is 146 Å². The summed E-state index contributed by atoms with van der Waals surface area (Å²) in [7, 11) is 1.50. The number of nitrogens with zero attached hydrogens (tertiary/aromatic N) is 1. The van der Waals surface area contributed by atoms with E-state index in [2.05, 4.69) is 5.32 Å². The van der Waals surface area contributed by atoms with Crippen molar-refractivity contribution in [1.29, 1.82) is 0 Å². The molecule has 1 heterocycles. The lowest BCUT2D eigenvalue weighted by atomic mass is 10.0. The van der Waals surface area contributed by atoms with Crippen molar-refractivity contribution >= 4 is 11.6 Å². The van der Waals surface area contributed by atoms with Crippen molar-refractivity contribution < 1.29 is 19.0 Å².